The van der Waals surface area contributed by atoms with E-state index in [0.29, 0.717) is 0 Å². The molecule has 1 aromatic rings. The Hall–Kier alpha value is -1.10. The number of phenols is 1. The number of halogens is 1. The second-order valence-electron chi connectivity index (χ2n) is 3.11. The number of nitrogens with one attached hydrogen (secondary N) is 1. The molecule has 0 aliphatic rings. The first-order valence-electron chi connectivity index (χ1n) is 4.16. The van der Waals surface area contributed by atoms with Gasteiger partial charge in [0, 0.05) is 11.3 Å². The number of rotatable bonds is 3. The first-order chi connectivity index (χ1) is 6.50. The Kier molecular flexibility index (Phi) is 3.46. The van der Waals surface area contributed by atoms with Crippen molar-refractivity contribution < 1.29 is 13.7 Å². The lowest BCUT2D eigenvalue weighted by molar-refractivity contribution is 0.472. The van der Waals surface area contributed by atoms with Crippen LogP contribution in [-0.2, 0) is 11.0 Å². The Bertz CT molecular complexity index is 355. The van der Waals surface area contributed by atoms with Crippen LogP contribution in [0.2, 0.25) is 0 Å². The van der Waals surface area contributed by atoms with E-state index in [2.05, 4.69) is 4.72 Å². The molecule has 0 bridgehead atoms. The van der Waals surface area contributed by atoms with E-state index in [-0.39, 0.29) is 16.7 Å². The third-order valence-corrected chi connectivity index (χ3v) is 2.88. The first kappa shape index (κ1) is 11.0. The van der Waals surface area contributed by atoms with Crippen LogP contribution in [0.25, 0.3) is 0 Å². The molecule has 0 aromatic heterocycles. The molecule has 2 N–H and O–H groups in total. The van der Waals surface area contributed by atoms with E-state index >= 15 is 0 Å². The van der Waals surface area contributed by atoms with Crippen LogP contribution in [0.15, 0.2) is 18.2 Å². The van der Waals surface area contributed by atoms with Gasteiger partial charge < -0.3 is 9.83 Å². The molecule has 1 aromatic carbocycles. The Morgan fingerprint density at radius 1 is 1.50 bits per heavy atom. The molecule has 0 amide bonds. The van der Waals surface area contributed by atoms with Gasteiger partial charge in [-0.15, -0.1) is 0 Å². The molecule has 5 heteroatoms. The van der Waals surface area contributed by atoms with Crippen molar-refractivity contribution >= 4 is 16.7 Å². The largest absolute Gasteiger partial charge is 0.506 e. The smallest absolute Gasteiger partial charge is 0.142 e. The summed E-state index contributed by atoms with van der Waals surface area (Å²) in [6.45, 7) is 3.56. The van der Waals surface area contributed by atoms with E-state index in [4.69, 9.17) is 0 Å². The molecule has 1 atom stereocenters. The van der Waals surface area contributed by atoms with Crippen molar-refractivity contribution in [1.29, 1.82) is 0 Å². The fourth-order valence-corrected chi connectivity index (χ4v) is 1.44. The average molecular weight is 217 g/mol. The molecule has 0 saturated heterocycles. The average Bonchev–Trinajstić information content (AvgIpc) is 2.09. The Morgan fingerprint density at radius 2 is 2.14 bits per heavy atom. The minimum absolute atomic E-state index is 0.0700. The molecule has 14 heavy (non-hydrogen) atoms. The van der Waals surface area contributed by atoms with Gasteiger partial charge >= 0.3 is 0 Å². The Morgan fingerprint density at radius 3 is 2.64 bits per heavy atom. The molecule has 0 spiro atoms. The molecule has 1 rings (SSSR count). The number of anilines is 1. The van der Waals surface area contributed by atoms with Crippen molar-refractivity contribution in [2.24, 2.45) is 0 Å². The standard InChI is InChI=1S/C9H12FNO2S/c1-6(2)14(13)11-8-4-3-7(10)5-9(8)12/h3-6,11-12H,1-2H3. The molecule has 0 fully saturated rings. The summed E-state index contributed by atoms with van der Waals surface area (Å²) in [5.41, 5.74) is 0.276. The van der Waals surface area contributed by atoms with Crippen LogP contribution < -0.4 is 4.72 Å². The lowest BCUT2D eigenvalue weighted by atomic mass is 10.3. The van der Waals surface area contributed by atoms with Crippen LogP contribution in [-0.4, -0.2) is 14.6 Å². The van der Waals surface area contributed by atoms with Crippen molar-refractivity contribution in [3.8, 4) is 5.75 Å². The molecule has 0 saturated carbocycles. The van der Waals surface area contributed by atoms with Crippen molar-refractivity contribution in [1.82, 2.24) is 0 Å². The summed E-state index contributed by atoms with van der Waals surface area (Å²) in [7, 11) is -1.27. The molecule has 0 aliphatic carbocycles. The fraction of sp³-hybridized carbons (Fsp3) is 0.333. The number of phenolic OH excluding ortho intramolecular Hbond substituents is 1. The predicted octanol–water partition coefficient (Wildman–Crippen LogP) is 2.02. The highest BCUT2D eigenvalue weighted by Gasteiger charge is 2.08. The third-order valence-electron chi connectivity index (χ3n) is 1.60. The molecule has 78 valence electrons. The highest BCUT2D eigenvalue weighted by Crippen LogP contribution is 2.24. The summed E-state index contributed by atoms with van der Waals surface area (Å²) < 4.78 is 26.5. The van der Waals surface area contributed by atoms with Crippen LogP contribution in [0, 0.1) is 5.82 Å². The number of hydrogen-bond donors (Lipinski definition) is 2. The van der Waals surface area contributed by atoms with Gasteiger partial charge in [0.25, 0.3) is 0 Å². The van der Waals surface area contributed by atoms with Gasteiger partial charge in [0.15, 0.2) is 0 Å². The quantitative estimate of drug-likeness (QED) is 0.761. The van der Waals surface area contributed by atoms with Gasteiger partial charge in [-0.25, -0.2) is 8.60 Å². The summed E-state index contributed by atoms with van der Waals surface area (Å²) in [6, 6.07) is 3.52. The highest BCUT2D eigenvalue weighted by atomic mass is 32.2. The Balaban J connectivity index is 2.82. The lowest BCUT2D eigenvalue weighted by Gasteiger charge is -2.09. The van der Waals surface area contributed by atoms with Crippen LogP contribution in [0.5, 0.6) is 5.75 Å². The molecule has 1 unspecified atom stereocenters. The minimum Gasteiger partial charge on any atom is -0.506 e. The van der Waals surface area contributed by atoms with E-state index in [1.54, 1.807) is 13.8 Å². The second-order valence-corrected chi connectivity index (χ2v) is 4.85. The molecule has 3 nitrogen and oxygen atoms in total. The van der Waals surface area contributed by atoms with Gasteiger partial charge in [0.2, 0.25) is 0 Å². The highest BCUT2D eigenvalue weighted by molar-refractivity contribution is 7.86. The van der Waals surface area contributed by atoms with Crippen LogP contribution in [0.1, 0.15) is 13.8 Å². The lowest BCUT2D eigenvalue weighted by Crippen LogP contribution is -2.14. The molecule has 0 radical (unpaired) electrons. The van der Waals surface area contributed by atoms with Gasteiger partial charge in [0.05, 0.1) is 5.69 Å². The van der Waals surface area contributed by atoms with E-state index in [1.165, 1.54) is 12.1 Å². The zero-order chi connectivity index (χ0) is 10.7. The number of hydrogen-bond acceptors (Lipinski definition) is 2. The van der Waals surface area contributed by atoms with Gasteiger partial charge in [0.1, 0.15) is 22.6 Å². The van der Waals surface area contributed by atoms with Crippen molar-refractivity contribution in [3.63, 3.8) is 0 Å². The molecular formula is C9H12FNO2S. The van der Waals surface area contributed by atoms with Crippen molar-refractivity contribution in [2.45, 2.75) is 19.1 Å². The maximum atomic E-state index is 12.6. The van der Waals surface area contributed by atoms with Gasteiger partial charge in [-0.1, -0.05) is 0 Å². The fourth-order valence-electron chi connectivity index (χ4n) is 0.817. The van der Waals surface area contributed by atoms with Gasteiger partial charge in [-0.3, -0.25) is 0 Å². The molecule has 0 heterocycles. The van der Waals surface area contributed by atoms with Crippen molar-refractivity contribution in [2.75, 3.05) is 4.72 Å². The summed E-state index contributed by atoms with van der Waals surface area (Å²) in [5.74, 6) is -0.762. The topological polar surface area (TPSA) is 49.3 Å². The molecule has 0 aliphatic heterocycles. The molecular weight excluding hydrogens is 205 g/mol. The van der Waals surface area contributed by atoms with Crippen LogP contribution in [0.4, 0.5) is 10.1 Å². The summed E-state index contributed by atoms with van der Waals surface area (Å²) in [6.07, 6.45) is 0. The Labute approximate surface area is 84.5 Å². The first-order valence-corrected chi connectivity index (χ1v) is 5.37. The zero-order valence-corrected chi connectivity index (χ0v) is 8.77. The minimum atomic E-state index is -1.27. The second kappa shape index (κ2) is 4.41. The third kappa shape index (κ3) is 2.70. The van der Waals surface area contributed by atoms with E-state index in [9.17, 15) is 13.7 Å². The SMILES string of the molecule is CC(C)S(=O)Nc1ccc(F)cc1O. The normalized spacial score (nSPS) is 12.9. The predicted molar refractivity (Wildman–Crippen MR) is 55.0 cm³/mol. The van der Waals surface area contributed by atoms with E-state index < -0.39 is 16.8 Å². The van der Waals surface area contributed by atoms with E-state index in [1.807, 2.05) is 0 Å². The maximum Gasteiger partial charge on any atom is 0.142 e. The zero-order valence-electron chi connectivity index (χ0n) is 7.95. The number of benzene rings is 1. The monoisotopic (exact) mass is 217 g/mol. The summed E-state index contributed by atoms with van der Waals surface area (Å²) in [5, 5.41) is 9.22. The van der Waals surface area contributed by atoms with Gasteiger partial charge in [-0.2, -0.15) is 0 Å². The number of aromatic hydroxyl groups is 1. The maximum absolute atomic E-state index is 12.6. The van der Waals surface area contributed by atoms with Crippen LogP contribution >= 0.6 is 0 Å². The van der Waals surface area contributed by atoms with Crippen LogP contribution in [0.3, 0.4) is 0 Å². The van der Waals surface area contributed by atoms with E-state index in [0.717, 1.165) is 6.07 Å². The van der Waals surface area contributed by atoms with Gasteiger partial charge in [-0.05, 0) is 26.0 Å². The van der Waals surface area contributed by atoms with Crippen molar-refractivity contribution in [3.05, 3.63) is 24.0 Å². The summed E-state index contributed by atoms with van der Waals surface area (Å²) >= 11 is 0. The summed E-state index contributed by atoms with van der Waals surface area (Å²) in [4.78, 5) is 0.